The Bertz CT molecular complexity index is 931. The Labute approximate surface area is 149 Å². The van der Waals surface area contributed by atoms with Crippen LogP contribution in [0.3, 0.4) is 0 Å². The van der Waals surface area contributed by atoms with Gasteiger partial charge in [-0.05, 0) is 19.1 Å². The maximum absolute atomic E-state index is 11.8. The second kappa shape index (κ2) is 7.10. The topological polar surface area (TPSA) is 87.2 Å². The van der Waals surface area contributed by atoms with Crippen LogP contribution in [0.2, 0.25) is 0 Å². The molecule has 2 heterocycles. The number of esters is 1. The van der Waals surface area contributed by atoms with Gasteiger partial charge in [-0.1, -0.05) is 44.6 Å². The van der Waals surface area contributed by atoms with Crippen molar-refractivity contribution in [1.29, 1.82) is 0 Å². The number of carbonyl (C=O) groups is 1. The minimum Gasteiger partial charge on any atom is -0.454 e. The molecular weight excluding hydrogens is 398 g/mol. The van der Waals surface area contributed by atoms with Gasteiger partial charge in [0.25, 0.3) is 5.89 Å². The predicted octanol–water partition coefficient (Wildman–Crippen LogP) is 2.77. The zero-order valence-corrected chi connectivity index (χ0v) is 15.0. The van der Waals surface area contributed by atoms with E-state index in [1.165, 1.54) is 4.57 Å². The Kier molecular flexibility index (Phi) is 4.91. The number of aryl methyl sites for hydroxylation is 1. The Morgan fingerprint density at radius 1 is 1.46 bits per heavy atom. The summed E-state index contributed by atoms with van der Waals surface area (Å²) in [5.41, 5.74) is 1.50. The molecule has 0 amide bonds. The van der Waals surface area contributed by atoms with Crippen LogP contribution in [0.15, 0.2) is 43.4 Å². The lowest BCUT2D eigenvalue weighted by Gasteiger charge is -2.03. The third kappa shape index (κ3) is 3.80. The van der Waals surface area contributed by atoms with Crippen LogP contribution in [0.4, 0.5) is 0 Å². The number of nitrogens with zero attached hydrogens (tertiary/aromatic N) is 3. The van der Waals surface area contributed by atoms with E-state index in [0.29, 0.717) is 5.82 Å². The molecule has 0 fully saturated rings. The number of hydrogen-bond donors (Lipinski definition) is 0. The first-order chi connectivity index (χ1) is 11.5. The highest BCUT2D eigenvalue weighted by Crippen LogP contribution is 2.20. The Balaban J connectivity index is 1.61. The lowest BCUT2D eigenvalue weighted by Crippen LogP contribution is -2.22. The Morgan fingerprint density at radius 3 is 3.00 bits per heavy atom. The van der Waals surface area contributed by atoms with Gasteiger partial charge in [0.15, 0.2) is 6.61 Å². The molecule has 3 aromatic rings. The summed E-state index contributed by atoms with van der Waals surface area (Å²) in [5, 5.41) is 5.55. The molecule has 124 valence electrons. The van der Waals surface area contributed by atoms with Crippen molar-refractivity contribution in [3.8, 4) is 11.4 Å². The number of carbonyl (C=O) groups excluding carboxylic acids is 1. The van der Waals surface area contributed by atoms with E-state index >= 15 is 0 Å². The van der Waals surface area contributed by atoms with Crippen molar-refractivity contribution in [3.63, 3.8) is 0 Å². The van der Waals surface area contributed by atoms with Gasteiger partial charge in [0, 0.05) is 21.1 Å². The lowest BCUT2D eigenvalue weighted by atomic mass is 10.2. The first-order valence-corrected chi connectivity index (χ1v) is 8.59. The van der Waals surface area contributed by atoms with E-state index in [1.807, 2.05) is 24.3 Å². The van der Waals surface area contributed by atoms with Crippen molar-refractivity contribution >= 4 is 33.2 Å². The van der Waals surface area contributed by atoms with E-state index in [1.54, 1.807) is 12.3 Å². The maximum atomic E-state index is 11.8. The number of benzene rings is 1. The Hall–Kier alpha value is -2.26. The van der Waals surface area contributed by atoms with Crippen LogP contribution >= 0.6 is 27.3 Å². The van der Waals surface area contributed by atoms with Gasteiger partial charge >= 0.3 is 10.8 Å². The van der Waals surface area contributed by atoms with Gasteiger partial charge in [-0.15, -0.1) is 0 Å². The predicted molar refractivity (Wildman–Crippen MR) is 90.5 cm³/mol. The van der Waals surface area contributed by atoms with Gasteiger partial charge in [-0.2, -0.15) is 4.98 Å². The SMILES string of the molecule is Cc1csc(=O)n1CC(=O)OCc1nc(-c2cccc(Br)c2)no1. The monoisotopic (exact) mass is 409 g/mol. The van der Waals surface area contributed by atoms with Crippen LogP contribution in [0, 0.1) is 6.92 Å². The summed E-state index contributed by atoms with van der Waals surface area (Å²) < 4.78 is 12.4. The first kappa shape index (κ1) is 16.6. The van der Waals surface area contributed by atoms with E-state index in [0.717, 1.165) is 27.1 Å². The maximum Gasteiger partial charge on any atom is 0.326 e. The average Bonchev–Trinajstić information content (AvgIpc) is 3.15. The molecule has 0 atom stereocenters. The van der Waals surface area contributed by atoms with Crippen LogP contribution in [0.25, 0.3) is 11.4 Å². The van der Waals surface area contributed by atoms with E-state index < -0.39 is 5.97 Å². The molecule has 0 saturated heterocycles. The number of aromatic nitrogens is 3. The standard InChI is InChI=1S/C15H12BrN3O4S/c1-9-8-24-15(21)19(9)6-13(20)22-7-12-17-14(18-23-12)10-3-2-4-11(16)5-10/h2-5,8H,6-7H2,1H3. The van der Waals surface area contributed by atoms with Crippen LogP contribution in [0.5, 0.6) is 0 Å². The van der Waals surface area contributed by atoms with Gasteiger partial charge < -0.3 is 9.26 Å². The minimum atomic E-state index is -0.541. The van der Waals surface area contributed by atoms with Gasteiger partial charge in [0.1, 0.15) is 6.54 Å². The molecule has 0 bridgehead atoms. The van der Waals surface area contributed by atoms with E-state index in [4.69, 9.17) is 9.26 Å². The van der Waals surface area contributed by atoms with Crippen molar-refractivity contribution in [1.82, 2.24) is 14.7 Å². The molecule has 0 aliphatic rings. The fraction of sp³-hybridized carbons (Fsp3) is 0.200. The third-order valence-electron chi connectivity index (χ3n) is 3.17. The van der Waals surface area contributed by atoms with Crippen LogP contribution in [0.1, 0.15) is 11.6 Å². The molecule has 2 aromatic heterocycles. The molecule has 0 aliphatic heterocycles. The summed E-state index contributed by atoms with van der Waals surface area (Å²) in [4.78, 5) is 27.4. The highest BCUT2D eigenvalue weighted by Gasteiger charge is 2.13. The second-order valence-electron chi connectivity index (χ2n) is 4.91. The van der Waals surface area contributed by atoms with E-state index in [-0.39, 0.29) is 23.9 Å². The number of thiazole rings is 1. The average molecular weight is 410 g/mol. The molecule has 3 rings (SSSR count). The van der Waals surface area contributed by atoms with E-state index in [9.17, 15) is 9.59 Å². The molecular formula is C15H12BrN3O4S. The summed E-state index contributed by atoms with van der Waals surface area (Å²) in [7, 11) is 0. The Morgan fingerprint density at radius 2 is 2.29 bits per heavy atom. The molecule has 9 heteroatoms. The van der Waals surface area contributed by atoms with Crippen LogP contribution in [-0.4, -0.2) is 20.7 Å². The minimum absolute atomic E-state index is 0.138. The number of halogens is 1. The number of hydrogen-bond acceptors (Lipinski definition) is 7. The number of rotatable bonds is 5. The van der Waals surface area contributed by atoms with Gasteiger partial charge in [0.05, 0.1) is 0 Å². The molecule has 24 heavy (non-hydrogen) atoms. The molecule has 0 spiro atoms. The fourth-order valence-electron chi connectivity index (χ4n) is 1.97. The van der Waals surface area contributed by atoms with E-state index in [2.05, 4.69) is 26.1 Å². The van der Waals surface area contributed by atoms with Crippen LogP contribution in [-0.2, 0) is 22.7 Å². The highest BCUT2D eigenvalue weighted by molar-refractivity contribution is 9.10. The van der Waals surface area contributed by atoms with Crippen molar-refractivity contribution in [2.75, 3.05) is 0 Å². The molecule has 0 N–H and O–H groups in total. The van der Waals surface area contributed by atoms with Crippen LogP contribution < -0.4 is 4.87 Å². The van der Waals surface area contributed by atoms with Gasteiger partial charge in [-0.25, -0.2) is 0 Å². The molecule has 0 aliphatic carbocycles. The summed E-state index contributed by atoms with van der Waals surface area (Å²) in [6, 6.07) is 7.45. The van der Waals surface area contributed by atoms with Crippen molar-refractivity contribution < 1.29 is 14.1 Å². The van der Waals surface area contributed by atoms with Crippen molar-refractivity contribution in [2.45, 2.75) is 20.1 Å². The smallest absolute Gasteiger partial charge is 0.326 e. The first-order valence-electron chi connectivity index (χ1n) is 6.92. The molecule has 1 aromatic carbocycles. The van der Waals surface area contributed by atoms with Gasteiger partial charge in [0.2, 0.25) is 5.82 Å². The highest BCUT2D eigenvalue weighted by atomic mass is 79.9. The normalized spacial score (nSPS) is 10.8. The summed E-state index contributed by atoms with van der Waals surface area (Å²) >= 11 is 4.42. The zero-order chi connectivity index (χ0) is 17.1. The fourth-order valence-corrected chi connectivity index (χ4v) is 3.11. The third-order valence-corrected chi connectivity index (χ3v) is 4.55. The molecule has 0 unspecified atom stereocenters. The lowest BCUT2D eigenvalue weighted by molar-refractivity contribution is -0.146. The molecule has 0 saturated carbocycles. The van der Waals surface area contributed by atoms with Crippen molar-refractivity contribution in [2.24, 2.45) is 0 Å². The quantitative estimate of drug-likeness (QED) is 0.602. The van der Waals surface area contributed by atoms with Gasteiger partial charge in [-0.3, -0.25) is 14.2 Å². The summed E-state index contributed by atoms with van der Waals surface area (Å²) in [6.07, 6.45) is 0. The molecule has 7 nitrogen and oxygen atoms in total. The summed E-state index contributed by atoms with van der Waals surface area (Å²) in [5.74, 6) is 0.0563. The zero-order valence-electron chi connectivity index (χ0n) is 12.6. The number of ether oxygens (including phenoxy) is 1. The second-order valence-corrected chi connectivity index (χ2v) is 6.65. The van der Waals surface area contributed by atoms with Crippen molar-refractivity contribution in [3.05, 3.63) is 55.4 Å². The largest absolute Gasteiger partial charge is 0.454 e. The molecule has 0 radical (unpaired) electrons. The summed E-state index contributed by atoms with van der Waals surface area (Å²) in [6.45, 7) is 1.48.